The van der Waals surface area contributed by atoms with Crippen molar-refractivity contribution in [2.24, 2.45) is 5.92 Å². The van der Waals surface area contributed by atoms with Crippen molar-refractivity contribution in [3.63, 3.8) is 0 Å². The Bertz CT molecular complexity index is 239. The van der Waals surface area contributed by atoms with E-state index >= 15 is 0 Å². The summed E-state index contributed by atoms with van der Waals surface area (Å²) in [5, 5.41) is 2.04. The maximum atomic E-state index is 5.82. The summed E-state index contributed by atoms with van der Waals surface area (Å²) in [7, 11) is 0. The van der Waals surface area contributed by atoms with Crippen LogP contribution in [0.15, 0.2) is 10.9 Å². The zero-order chi connectivity index (χ0) is 8.39. The third kappa shape index (κ3) is 1.49. The van der Waals surface area contributed by atoms with Crippen molar-refractivity contribution in [2.75, 3.05) is 12.5 Å². The summed E-state index contributed by atoms with van der Waals surface area (Å²) in [6.07, 6.45) is 1.21. The van der Waals surface area contributed by atoms with E-state index in [0.717, 1.165) is 18.7 Å². The smallest absolute Gasteiger partial charge is 0.104 e. The molecule has 2 rings (SSSR count). The number of thiazole rings is 1. The average molecular weight is 204 g/mol. The second-order valence-corrected chi connectivity index (χ2v) is 3.94. The molecule has 0 spiro atoms. The maximum Gasteiger partial charge on any atom is 0.104 e. The van der Waals surface area contributed by atoms with Crippen LogP contribution in [0.5, 0.6) is 0 Å². The second-order valence-electron chi connectivity index (χ2n) is 2.91. The Balaban J connectivity index is 2.13. The van der Waals surface area contributed by atoms with Gasteiger partial charge in [0.2, 0.25) is 0 Å². The van der Waals surface area contributed by atoms with Gasteiger partial charge in [0.1, 0.15) is 6.10 Å². The van der Waals surface area contributed by atoms with E-state index in [1.165, 1.54) is 0 Å². The minimum atomic E-state index is 0.147. The summed E-state index contributed by atoms with van der Waals surface area (Å²) in [6.45, 7) is 0.819. The van der Waals surface area contributed by atoms with Crippen LogP contribution in [0, 0.1) is 5.92 Å². The number of rotatable bonds is 2. The van der Waals surface area contributed by atoms with Crippen molar-refractivity contribution in [3.8, 4) is 0 Å². The number of ether oxygens (including phenoxy) is 1. The van der Waals surface area contributed by atoms with E-state index in [1.807, 2.05) is 10.9 Å². The molecule has 1 aromatic rings. The molecule has 2 nitrogen and oxygen atoms in total. The predicted molar refractivity (Wildman–Crippen MR) is 49.6 cm³/mol. The summed E-state index contributed by atoms with van der Waals surface area (Å²) in [6, 6.07) is 0. The Morgan fingerprint density at radius 2 is 2.67 bits per heavy atom. The van der Waals surface area contributed by atoms with Gasteiger partial charge >= 0.3 is 0 Å². The Kier molecular flexibility index (Phi) is 2.63. The van der Waals surface area contributed by atoms with E-state index in [9.17, 15) is 0 Å². The van der Waals surface area contributed by atoms with Gasteiger partial charge in [-0.1, -0.05) is 0 Å². The van der Waals surface area contributed by atoms with Gasteiger partial charge in [-0.2, -0.15) is 0 Å². The third-order valence-electron chi connectivity index (χ3n) is 2.16. The first-order chi connectivity index (χ1) is 5.92. The van der Waals surface area contributed by atoms with Gasteiger partial charge in [0, 0.05) is 23.8 Å². The van der Waals surface area contributed by atoms with Crippen LogP contribution in [0.2, 0.25) is 0 Å². The Labute approximate surface area is 80.5 Å². The number of alkyl halides is 1. The van der Waals surface area contributed by atoms with Gasteiger partial charge in [0.15, 0.2) is 0 Å². The fourth-order valence-electron chi connectivity index (χ4n) is 1.48. The van der Waals surface area contributed by atoms with E-state index < -0.39 is 0 Å². The number of nitrogens with zero attached hydrogens (tertiary/aromatic N) is 1. The van der Waals surface area contributed by atoms with E-state index in [4.69, 9.17) is 16.3 Å². The minimum Gasteiger partial charge on any atom is -0.372 e. The molecule has 0 saturated carbocycles. The number of hydrogen-bond donors (Lipinski definition) is 0. The Hall–Kier alpha value is -0.120. The van der Waals surface area contributed by atoms with Crippen LogP contribution in [0.1, 0.15) is 18.2 Å². The van der Waals surface area contributed by atoms with Gasteiger partial charge in [0.05, 0.1) is 11.2 Å². The molecule has 0 amide bonds. The minimum absolute atomic E-state index is 0.147. The van der Waals surface area contributed by atoms with Crippen molar-refractivity contribution < 1.29 is 4.74 Å². The van der Waals surface area contributed by atoms with Crippen molar-refractivity contribution in [1.82, 2.24) is 4.98 Å². The molecule has 12 heavy (non-hydrogen) atoms. The molecule has 1 fully saturated rings. The molecule has 4 heteroatoms. The molecular formula is C8H10ClNOS. The van der Waals surface area contributed by atoms with E-state index in [1.54, 1.807) is 11.3 Å². The van der Waals surface area contributed by atoms with Crippen molar-refractivity contribution in [2.45, 2.75) is 12.5 Å². The summed E-state index contributed by atoms with van der Waals surface area (Å²) in [4.78, 5) is 4.23. The zero-order valence-electron chi connectivity index (χ0n) is 6.57. The molecule has 0 aliphatic carbocycles. The van der Waals surface area contributed by atoms with Crippen LogP contribution in [-0.4, -0.2) is 17.5 Å². The first-order valence-corrected chi connectivity index (χ1v) is 5.45. The first-order valence-electron chi connectivity index (χ1n) is 3.97. The quantitative estimate of drug-likeness (QED) is 0.689. The van der Waals surface area contributed by atoms with Crippen molar-refractivity contribution in [1.29, 1.82) is 0 Å². The largest absolute Gasteiger partial charge is 0.372 e. The molecule has 2 unspecified atom stereocenters. The molecule has 0 N–H and O–H groups in total. The maximum absolute atomic E-state index is 5.82. The fourth-order valence-corrected chi connectivity index (χ4v) is 2.38. The summed E-state index contributed by atoms with van der Waals surface area (Å²) in [5.74, 6) is 1.12. The molecular weight excluding hydrogens is 194 g/mol. The normalized spacial score (nSPS) is 29.4. The van der Waals surface area contributed by atoms with E-state index in [2.05, 4.69) is 4.98 Å². The van der Waals surface area contributed by atoms with Crippen LogP contribution in [0.4, 0.5) is 0 Å². The second kappa shape index (κ2) is 3.73. The highest BCUT2D eigenvalue weighted by Crippen LogP contribution is 2.34. The van der Waals surface area contributed by atoms with Gasteiger partial charge < -0.3 is 4.74 Å². The zero-order valence-corrected chi connectivity index (χ0v) is 8.14. The standard InChI is InChI=1S/C8H10ClNOS/c9-3-6-1-2-11-8(6)7-4-12-5-10-7/h4-6,8H,1-3H2. The number of hydrogen-bond acceptors (Lipinski definition) is 3. The van der Waals surface area contributed by atoms with Crippen molar-refractivity contribution >= 4 is 22.9 Å². The molecule has 2 heterocycles. The molecule has 1 aliphatic heterocycles. The average Bonchev–Trinajstić information content (AvgIpc) is 2.74. The molecule has 0 bridgehead atoms. The summed E-state index contributed by atoms with van der Waals surface area (Å²) in [5.41, 5.74) is 2.88. The van der Waals surface area contributed by atoms with E-state index in [0.29, 0.717) is 11.8 Å². The number of aromatic nitrogens is 1. The topological polar surface area (TPSA) is 22.1 Å². The van der Waals surface area contributed by atoms with Gasteiger partial charge in [-0.25, -0.2) is 4.98 Å². The van der Waals surface area contributed by atoms with Crippen molar-refractivity contribution in [3.05, 3.63) is 16.6 Å². The highest BCUT2D eigenvalue weighted by atomic mass is 35.5. The monoisotopic (exact) mass is 203 g/mol. The molecule has 0 aromatic carbocycles. The predicted octanol–water partition coefficient (Wildman–Crippen LogP) is 2.46. The Morgan fingerprint density at radius 3 is 3.33 bits per heavy atom. The van der Waals surface area contributed by atoms with E-state index in [-0.39, 0.29) is 6.10 Å². The Morgan fingerprint density at radius 1 is 1.75 bits per heavy atom. The lowest BCUT2D eigenvalue weighted by atomic mass is 10.0. The lowest BCUT2D eigenvalue weighted by molar-refractivity contribution is 0.0922. The molecule has 1 aliphatic rings. The lowest BCUT2D eigenvalue weighted by Gasteiger charge is -2.12. The van der Waals surface area contributed by atoms with Gasteiger partial charge in [-0.15, -0.1) is 22.9 Å². The van der Waals surface area contributed by atoms with Gasteiger partial charge in [-0.3, -0.25) is 0 Å². The fraction of sp³-hybridized carbons (Fsp3) is 0.625. The molecule has 2 atom stereocenters. The third-order valence-corrected chi connectivity index (χ3v) is 3.16. The highest BCUT2D eigenvalue weighted by molar-refractivity contribution is 7.07. The summed E-state index contributed by atoms with van der Waals surface area (Å²) < 4.78 is 5.56. The van der Waals surface area contributed by atoms with Crippen LogP contribution in [0.25, 0.3) is 0 Å². The van der Waals surface area contributed by atoms with Crippen LogP contribution in [-0.2, 0) is 4.74 Å². The first kappa shape index (κ1) is 8.48. The molecule has 1 saturated heterocycles. The summed E-state index contributed by atoms with van der Waals surface area (Å²) >= 11 is 7.42. The number of halogens is 1. The van der Waals surface area contributed by atoms with Crippen LogP contribution in [0.3, 0.4) is 0 Å². The van der Waals surface area contributed by atoms with Gasteiger partial charge in [0.25, 0.3) is 0 Å². The van der Waals surface area contributed by atoms with Gasteiger partial charge in [-0.05, 0) is 6.42 Å². The highest BCUT2D eigenvalue weighted by Gasteiger charge is 2.29. The van der Waals surface area contributed by atoms with Crippen LogP contribution >= 0.6 is 22.9 Å². The molecule has 66 valence electrons. The lowest BCUT2D eigenvalue weighted by Crippen LogP contribution is -2.08. The molecule has 0 radical (unpaired) electrons. The van der Waals surface area contributed by atoms with Crippen LogP contribution < -0.4 is 0 Å². The molecule has 1 aromatic heterocycles. The SMILES string of the molecule is ClCC1CCOC1c1cscn1.